The topological polar surface area (TPSA) is 71.1 Å². The quantitative estimate of drug-likeness (QED) is 0.196. The molecule has 6 heteroatoms. The highest BCUT2D eigenvalue weighted by Gasteiger charge is 2.30. The predicted molar refractivity (Wildman–Crippen MR) is 150 cm³/mol. The van der Waals surface area contributed by atoms with Gasteiger partial charge in [-0.05, 0) is 74.5 Å². The van der Waals surface area contributed by atoms with E-state index in [1.807, 2.05) is 48.5 Å². The monoisotopic (exact) mass is 524 g/mol. The minimum Gasteiger partial charge on any atom is -0.462 e. The minimum absolute atomic E-state index is 0.323. The fourth-order valence-corrected chi connectivity index (χ4v) is 4.29. The number of benzene rings is 4. The van der Waals surface area contributed by atoms with Crippen LogP contribution in [0.2, 0.25) is 0 Å². The zero-order valence-corrected chi connectivity index (χ0v) is 22.6. The Bertz CT molecular complexity index is 1310. The molecule has 0 fully saturated rings. The molecule has 4 aromatic carbocycles. The van der Waals surface area contributed by atoms with Crippen LogP contribution in [0.25, 0.3) is 0 Å². The SMILES string of the molecule is CCOC(=O)c1ccc(Oc2ccccc2C(C)(C)c2ccccc2Oc2ccc(C(=O)OCC)cc2)cc1. The number of para-hydroxylation sites is 2. The second-order valence-electron chi connectivity index (χ2n) is 9.31. The van der Waals surface area contributed by atoms with Crippen LogP contribution in [-0.2, 0) is 14.9 Å². The summed E-state index contributed by atoms with van der Waals surface area (Å²) >= 11 is 0. The Morgan fingerprint density at radius 3 is 1.28 bits per heavy atom. The van der Waals surface area contributed by atoms with Gasteiger partial charge in [-0.1, -0.05) is 50.2 Å². The molecule has 0 atom stereocenters. The molecule has 0 aromatic heterocycles. The molecule has 0 aliphatic rings. The summed E-state index contributed by atoms with van der Waals surface area (Å²) in [5.74, 6) is 1.88. The number of rotatable bonds is 10. The molecule has 0 radical (unpaired) electrons. The van der Waals surface area contributed by atoms with Crippen molar-refractivity contribution in [3.63, 3.8) is 0 Å². The van der Waals surface area contributed by atoms with Gasteiger partial charge in [-0.15, -0.1) is 0 Å². The minimum atomic E-state index is -0.497. The van der Waals surface area contributed by atoms with Crippen molar-refractivity contribution >= 4 is 11.9 Å². The summed E-state index contributed by atoms with van der Waals surface area (Å²) in [7, 11) is 0. The Balaban J connectivity index is 1.60. The van der Waals surface area contributed by atoms with Crippen LogP contribution in [0.5, 0.6) is 23.0 Å². The smallest absolute Gasteiger partial charge is 0.338 e. The third-order valence-corrected chi connectivity index (χ3v) is 6.31. The lowest BCUT2D eigenvalue weighted by Gasteiger charge is -2.30. The van der Waals surface area contributed by atoms with Crippen molar-refractivity contribution in [2.45, 2.75) is 33.1 Å². The second-order valence-corrected chi connectivity index (χ2v) is 9.31. The van der Waals surface area contributed by atoms with Gasteiger partial charge in [-0.25, -0.2) is 9.59 Å². The standard InChI is InChI=1S/C33H32O6/c1-5-36-31(34)23-15-19-25(20-16-23)38-29-13-9-7-11-27(29)33(3,4)28-12-8-10-14-30(28)39-26-21-17-24(18-22-26)32(35)37-6-2/h7-22H,5-6H2,1-4H3. The van der Waals surface area contributed by atoms with Gasteiger partial charge >= 0.3 is 11.9 Å². The highest BCUT2D eigenvalue weighted by molar-refractivity contribution is 5.90. The summed E-state index contributed by atoms with van der Waals surface area (Å²) in [4.78, 5) is 24.0. The van der Waals surface area contributed by atoms with Crippen molar-refractivity contribution < 1.29 is 28.5 Å². The normalized spacial score (nSPS) is 11.0. The van der Waals surface area contributed by atoms with Crippen LogP contribution < -0.4 is 9.47 Å². The van der Waals surface area contributed by atoms with E-state index in [1.165, 1.54) is 0 Å². The van der Waals surface area contributed by atoms with Gasteiger partial charge in [0, 0.05) is 16.5 Å². The van der Waals surface area contributed by atoms with Gasteiger partial charge in [0.05, 0.1) is 24.3 Å². The van der Waals surface area contributed by atoms with Crippen LogP contribution in [0.3, 0.4) is 0 Å². The van der Waals surface area contributed by atoms with Crippen molar-refractivity contribution in [2.24, 2.45) is 0 Å². The van der Waals surface area contributed by atoms with Crippen LogP contribution in [0.1, 0.15) is 59.5 Å². The number of hydrogen-bond donors (Lipinski definition) is 0. The second kappa shape index (κ2) is 12.3. The van der Waals surface area contributed by atoms with E-state index < -0.39 is 5.41 Å². The molecular formula is C33H32O6. The average Bonchev–Trinajstić information content (AvgIpc) is 2.94. The number of ether oxygens (including phenoxy) is 4. The van der Waals surface area contributed by atoms with Crippen molar-refractivity contribution in [3.8, 4) is 23.0 Å². The molecule has 39 heavy (non-hydrogen) atoms. The molecule has 200 valence electrons. The van der Waals surface area contributed by atoms with E-state index in [2.05, 4.69) is 13.8 Å². The Labute approximate surface area is 229 Å². The van der Waals surface area contributed by atoms with Crippen LogP contribution in [0.15, 0.2) is 97.1 Å². The maximum Gasteiger partial charge on any atom is 0.338 e. The molecule has 0 spiro atoms. The Hall–Kier alpha value is -4.58. The van der Waals surface area contributed by atoms with E-state index in [0.717, 1.165) is 11.1 Å². The number of hydrogen-bond acceptors (Lipinski definition) is 6. The molecule has 0 amide bonds. The highest BCUT2D eigenvalue weighted by Crippen LogP contribution is 2.43. The fourth-order valence-electron chi connectivity index (χ4n) is 4.29. The van der Waals surface area contributed by atoms with E-state index >= 15 is 0 Å². The van der Waals surface area contributed by atoms with Crippen LogP contribution in [0, 0.1) is 0 Å². The lowest BCUT2D eigenvalue weighted by molar-refractivity contribution is 0.0516. The van der Waals surface area contributed by atoms with Gasteiger partial charge in [-0.2, -0.15) is 0 Å². The summed E-state index contributed by atoms with van der Waals surface area (Å²) < 4.78 is 22.7. The molecule has 4 aromatic rings. The molecule has 0 saturated heterocycles. The van der Waals surface area contributed by atoms with Crippen LogP contribution in [-0.4, -0.2) is 25.2 Å². The van der Waals surface area contributed by atoms with Crippen molar-refractivity contribution in [1.29, 1.82) is 0 Å². The zero-order valence-electron chi connectivity index (χ0n) is 22.6. The lowest BCUT2D eigenvalue weighted by Crippen LogP contribution is -2.20. The maximum atomic E-state index is 12.0. The third-order valence-electron chi connectivity index (χ3n) is 6.31. The Morgan fingerprint density at radius 2 is 0.923 bits per heavy atom. The first-order valence-corrected chi connectivity index (χ1v) is 12.9. The van der Waals surface area contributed by atoms with Gasteiger partial charge in [0.2, 0.25) is 0 Å². The lowest BCUT2D eigenvalue weighted by atomic mass is 9.77. The molecule has 0 saturated carbocycles. The van der Waals surface area contributed by atoms with E-state index in [1.54, 1.807) is 62.4 Å². The molecule has 0 N–H and O–H groups in total. The number of carbonyl (C=O) groups is 2. The number of carbonyl (C=O) groups excluding carboxylic acids is 2. The van der Waals surface area contributed by atoms with Gasteiger partial charge in [0.25, 0.3) is 0 Å². The first kappa shape index (κ1) is 27.5. The van der Waals surface area contributed by atoms with Crippen LogP contribution >= 0.6 is 0 Å². The summed E-state index contributed by atoms with van der Waals surface area (Å²) in [6, 6.07) is 29.5. The summed E-state index contributed by atoms with van der Waals surface area (Å²) in [6.07, 6.45) is 0. The van der Waals surface area contributed by atoms with Gasteiger partial charge in [0.1, 0.15) is 23.0 Å². The summed E-state index contributed by atoms with van der Waals surface area (Å²) in [5.41, 5.74) is 2.38. The van der Waals surface area contributed by atoms with Crippen LogP contribution in [0.4, 0.5) is 0 Å². The average molecular weight is 525 g/mol. The molecule has 6 nitrogen and oxygen atoms in total. The van der Waals surface area contributed by atoms with Gasteiger partial charge in [-0.3, -0.25) is 0 Å². The molecule has 0 heterocycles. The van der Waals surface area contributed by atoms with Gasteiger partial charge in [0.15, 0.2) is 0 Å². The number of esters is 2. The molecule has 0 aliphatic heterocycles. The summed E-state index contributed by atoms with van der Waals surface area (Å²) in [5, 5.41) is 0. The van der Waals surface area contributed by atoms with Crippen molar-refractivity contribution in [3.05, 3.63) is 119 Å². The van der Waals surface area contributed by atoms with E-state index in [4.69, 9.17) is 18.9 Å². The van der Waals surface area contributed by atoms with Crippen molar-refractivity contribution in [1.82, 2.24) is 0 Å². The summed E-state index contributed by atoms with van der Waals surface area (Å²) in [6.45, 7) is 8.43. The molecule has 0 bridgehead atoms. The first-order valence-electron chi connectivity index (χ1n) is 12.9. The van der Waals surface area contributed by atoms with E-state index in [9.17, 15) is 9.59 Å². The fraction of sp³-hybridized carbons (Fsp3) is 0.212. The van der Waals surface area contributed by atoms with Gasteiger partial charge < -0.3 is 18.9 Å². The Kier molecular flexibility index (Phi) is 8.67. The maximum absolute atomic E-state index is 12.0. The molecular weight excluding hydrogens is 492 g/mol. The first-order chi connectivity index (χ1) is 18.8. The van der Waals surface area contributed by atoms with Crippen molar-refractivity contribution in [2.75, 3.05) is 13.2 Å². The predicted octanol–water partition coefficient (Wildman–Crippen LogP) is 7.95. The van der Waals surface area contributed by atoms with E-state index in [-0.39, 0.29) is 11.9 Å². The third kappa shape index (κ3) is 6.47. The largest absolute Gasteiger partial charge is 0.462 e. The molecule has 0 aliphatic carbocycles. The van der Waals surface area contributed by atoms with E-state index in [0.29, 0.717) is 47.3 Å². The zero-order chi connectivity index (χ0) is 27.8. The Morgan fingerprint density at radius 1 is 0.564 bits per heavy atom. The molecule has 0 unspecified atom stereocenters. The molecule has 4 rings (SSSR count). The highest BCUT2D eigenvalue weighted by atomic mass is 16.5.